The number of nitrogens with one attached hydrogen (secondary N) is 1. The molecule has 1 saturated heterocycles. The molecule has 0 radical (unpaired) electrons. The molecule has 3 aromatic rings. The monoisotopic (exact) mass is 560 g/mol. The van der Waals surface area contributed by atoms with Gasteiger partial charge in [-0.3, -0.25) is 14.5 Å². The van der Waals surface area contributed by atoms with Crippen molar-refractivity contribution in [2.45, 2.75) is 103 Å². The van der Waals surface area contributed by atoms with E-state index in [-0.39, 0.29) is 11.7 Å². The third-order valence-electron chi connectivity index (χ3n) is 8.45. The number of amides is 1. The number of likely N-dealkylation sites (tertiary alicyclic amines) is 1. The number of benzene rings is 2. The molecule has 1 aliphatic carbocycles. The highest BCUT2D eigenvalue weighted by Gasteiger charge is 2.35. The van der Waals surface area contributed by atoms with Crippen molar-refractivity contribution in [3.63, 3.8) is 0 Å². The van der Waals surface area contributed by atoms with Gasteiger partial charge in [0.15, 0.2) is 11.7 Å². The molecular weight excluding hydrogens is 516 g/mol. The van der Waals surface area contributed by atoms with Crippen molar-refractivity contribution >= 4 is 22.9 Å². The van der Waals surface area contributed by atoms with E-state index in [0.717, 1.165) is 19.4 Å². The van der Waals surface area contributed by atoms with Gasteiger partial charge in [0.1, 0.15) is 0 Å². The molecule has 2 aromatic carbocycles. The molecule has 1 aromatic heterocycles. The third-order valence-corrected chi connectivity index (χ3v) is 8.45. The van der Waals surface area contributed by atoms with Gasteiger partial charge in [-0.1, -0.05) is 88.4 Å². The lowest BCUT2D eigenvalue weighted by Gasteiger charge is -2.48. The molecule has 3 atom stereocenters. The lowest BCUT2D eigenvalue weighted by molar-refractivity contribution is -0.139. The molecule has 0 spiro atoms. The zero-order valence-corrected chi connectivity index (χ0v) is 24.6. The molecule has 5 rings (SSSR count). The van der Waals surface area contributed by atoms with Crippen LogP contribution in [0.1, 0.15) is 107 Å². The minimum absolute atomic E-state index is 0.150. The van der Waals surface area contributed by atoms with E-state index in [1.54, 1.807) is 41.0 Å². The fourth-order valence-electron chi connectivity index (χ4n) is 6.33. The molecular formula is C33H44N4O4. The second kappa shape index (κ2) is 14.4. The Morgan fingerprint density at radius 2 is 1.59 bits per heavy atom. The van der Waals surface area contributed by atoms with Gasteiger partial charge in [-0.25, -0.2) is 9.78 Å². The lowest BCUT2D eigenvalue weighted by atomic mass is 9.88. The first-order valence-electron chi connectivity index (χ1n) is 15.3. The number of hydrogen-bond donors (Lipinski definition) is 2. The number of hydrogen-bond acceptors (Lipinski definition) is 5. The highest BCUT2D eigenvalue weighted by atomic mass is 16.4. The van der Waals surface area contributed by atoms with Gasteiger partial charge < -0.3 is 15.0 Å². The third kappa shape index (κ3) is 7.04. The number of aromatic nitrogens is 2. The maximum Gasteiger partial charge on any atom is 0.330 e. The topological polar surface area (TPSA) is 105 Å². The molecule has 2 fully saturated rings. The number of aliphatic carboxylic acids is 1. The first kappa shape index (κ1) is 30.4. The maximum atomic E-state index is 13.8. The summed E-state index contributed by atoms with van der Waals surface area (Å²) in [5.41, 5.74) is 0.862. The highest BCUT2D eigenvalue weighted by molar-refractivity contribution is 5.96. The second-order valence-electron chi connectivity index (χ2n) is 11.0. The van der Waals surface area contributed by atoms with Crippen molar-refractivity contribution in [1.82, 2.24) is 19.8 Å². The predicted octanol–water partition coefficient (Wildman–Crippen LogP) is 6.12. The largest absolute Gasteiger partial charge is 0.479 e. The van der Waals surface area contributed by atoms with Crippen molar-refractivity contribution in [2.75, 3.05) is 6.54 Å². The molecule has 2 N–H and O–H groups in total. The van der Waals surface area contributed by atoms with E-state index in [1.165, 1.54) is 44.9 Å². The number of fused-ring (bicyclic) bond motifs is 1. The van der Waals surface area contributed by atoms with Gasteiger partial charge in [-0.05, 0) is 50.3 Å². The summed E-state index contributed by atoms with van der Waals surface area (Å²) in [6.45, 7) is 7.14. The van der Waals surface area contributed by atoms with E-state index < -0.39 is 23.5 Å². The van der Waals surface area contributed by atoms with Crippen LogP contribution in [0.5, 0.6) is 0 Å². The van der Waals surface area contributed by atoms with E-state index in [0.29, 0.717) is 28.7 Å². The van der Waals surface area contributed by atoms with Crippen LogP contribution in [0.4, 0.5) is 0 Å². The Hall–Kier alpha value is -3.52. The minimum Gasteiger partial charge on any atom is -0.479 e. The van der Waals surface area contributed by atoms with E-state index >= 15 is 0 Å². The van der Waals surface area contributed by atoms with Crippen molar-refractivity contribution in [3.8, 4) is 0 Å². The Bertz CT molecular complexity index is 1360. The Kier molecular flexibility index (Phi) is 10.7. The second-order valence-corrected chi connectivity index (χ2v) is 11.0. The number of carboxylic acids is 1. The van der Waals surface area contributed by atoms with Crippen molar-refractivity contribution in [3.05, 3.63) is 76.2 Å². The van der Waals surface area contributed by atoms with Gasteiger partial charge in [0.25, 0.3) is 11.5 Å². The van der Waals surface area contributed by atoms with Gasteiger partial charge in [-0.2, -0.15) is 0 Å². The quantitative estimate of drug-likeness (QED) is 0.344. The molecule has 41 heavy (non-hydrogen) atoms. The standard InChI is InChI=1S/C31H38N4O4.C2H6/c1-21(20-24-18-19-34(24)23-14-8-3-2-4-9-15-23)35-26-17-11-10-16-25(26)32-28(30(35)37)29(36)33-27(31(38)39)22-12-6-5-7-13-22;1-2/h5-7,10-13,16-17,21,23-24,27H,2-4,8-9,14-15,18-20H2,1H3,(H,33,36)(H,38,39);1-2H3. The molecule has 2 aliphatic rings. The van der Waals surface area contributed by atoms with Crippen LogP contribution in [0.3, 0.4) is 0 Å². The van der Waals surface area contributed by atoms with E-state index in [2.05, 4.69) is 15.2 Å². The average molecular weight is 561 g/mol. The smallest absolute Gasteiger partial charge is 0.330 e. The fraction of sp³-hybridized carbons (Fsp3) is 0.515. The first-order valence-corrected chi connectivity index (χ1v) is 15.3. The van der Waals surface area contributed by atoms with Crippen LogP contribution in [0, 0.1) is 0 Å². The van der Waals surface area contributed by atoms with Gasteiger partial charge in [-0.15, -0.1) is 0 Å². The van der Waals surface area contributed by atoms with Gasteiger partial charge in [0.05, 0.1) is 11.0 Å². The zero-order chi connectivity index (χ0) is 29.4. The fourth-order valence-corrected chi connectivity index (χ4v) is 6.33. The number of rotatable bonds is 8. The lowest BCUT2D eigenvalue weighted by Crippen LogP contribution is -2.54. The molecule has 220 valence electrons. The number of para-hydroxylation sites is 2. The normalized spacial score (nSPS) is 19.5. The van der Waals surface area contributed by atoms with E-state index in [9.17, 15) is 19.5 Å². The average Bonchev–Trinajstić information content (AvgIpc) is 2.96. The van der Waals surface area contributed by atoms with Crippen LogP contribution >= 0.6 is 0 Å². The number of carbonyl (C=O) groups excluding carboxylic acids is 1. The number of carbonyl (C=O) groups is 2. The Morgan fingerprint density at radius 1 is 0.951 bits per heavy atom. The van der Waals surface area contributed by atoms with Crippen LogP contribution in [0.25, 0.3) is 11.0 Å². The van der Waals surface area contributed by atoms with Gasteiger partial charge >= 0.3 is 5.97 Å². The summed E-state index contributed by atoms with van der Waals surface area (Å²) in [5, 5.41) is 12.3. The molecule has 8 nitrogen and oxygen atoms in total. The maximum absolute atomic E-state index is 13.8. The SMILES string of the molecule is CC.CC(CC1CCN1C1CCCCCCC1)n1c(=O)c(C(=O)NC(C(=O)O)c2ccccc2)nc2ccccc21. The van der Waals surface area contributed by atoms with Crippen molar-refractivity contribution in [1.29, 1.82) is 0 Å². The summed E-state index contributed by atoms with van der Waals surface area (Å²) >= 11 is 0. The summed E-state index contributed by atoms with van der Waals surface area (Å²) < 4.78 is 1.68. The predicted molar refractivity (Wildman–Crippen MR) is 162 cm³/mol. The minimum atomic E-state index is -1.29. The molecule has 1 saturated carbocycles. The van der Waals surface area contributed by atoms with Gasteiger partial charge in [0, 0.05) is 24.7 Å². The zero-order valence-electron chi connectivity index (χ0n) is 24.6. The van der Waals surface area contributed by atoms with Crippen LogP contribution in [-0.4, -0.2) is 50.1 Å². The van der Waals surface area contributed by atoms with E-state index in [4.69, 9.17) is 0 Å². The molecule has 1 aliphatic heterocycles. The van der Waals surface area contributed by atoms with Crippen molar-refractivity contribution in [2.24, 2.45) is 0 Å². The van der Waals surface area contributed by atoms with Crippen LogP contribution in [-0.2, 0) is 4.79 Å². The molecule has 1 amide bonds. The van der Waals surface area contributed by atoms with Crippen molar-refractivity contribution < 1.29 is 14.7 Å². The molecule has 0 bridgehead atoms. The van der Waals surface area contributed by atoms with Crippen LogP contribution in [0.15, 0.2) is 59.4 Å². The van der Waals surface area contributed by atoms with Crippen LogP contribution < -0.4 is 10.9 Å². The summed E-state index contributed by atoms with van der Waals surface area (Å²) in [6, 6.07) is 15.4. The van der Waals surface area contributed by atoms with Gasteiger partial charge in [0.2, 0.25) is 0 Å². The Morgan fingerprint density at radius 3 is 2.22 bits per heavy atom. The summed E-state index contributed by atoms with van der Waals surface area (Å²) in [5.74, 6) is -1.99. The van der Waals surface area contributed by atoms with Crippen LogP contribution in [0.2, 0.25) is 0 Å². The molecule has 2 heterocycles. The molecule has 8 heteroatoms. The molecule has 3 unspecified atom stereocenters. The van der Waals surface area contributed by atoms with E-state index in [1.807, 2.05) is 39.0 Å². The summed E-state index contributed by atoms with van der Waals surface area (Å²) in [4.78, 5) is 46.1. The highest BCUT2D eigenvalue weighted by Crippen LogP contribution is 2.33. The number of nitrogens with zero attached hydrogens (tertiary/aromatic N) is 3. The first-order chi connectivity index (χ1) is 19.9. The summed E-state index contributed by atoms with van der Waals surface area (Å²) in [7, 11) is 0. The summed E-state index contributed by atoms with van der Waals surface area (Å²) in [6.07, 6.45) is 11.0. The Labute approximate surface area is 242 Å². The number of carboxylic acid groups (broad SMARTS) is 1. The Balaban J connectivity index is 0.00000189.